The highest BCUT2D eigenvalue weighted by Gasteiger charge is 2.38. The Labute approximate surface area is 112 Å². The van der Waals surface area contributed by atoms with Crippen LogP contribution in [0.2, 0.25) is 0 Å². The van der Waals surface area contributed by atoms with E-state index in [4.69, 9.17) is 4.74 Å². The number of β-amino-alcohol motifs (C(OH)–C–C–N with tert-alkyl or cyclic N) is 1. The number of amides is 1. The summed E-state index contributed by atoms with van der Waals surface area (Å²) < 4.78 is 5.47. The second-order valence-corrected chi connectivity index (χ2v) is 5.14. The molecule has 0 saturated carbocycles. The normalized spacial score (nSPS) is 22.6. The molecule has 1 saturated heterocycles. The molecule has 0 aliphatic carbocycles. The van der Waals surface area contributed by atoms with Crippen LogP contribution >= 0.6 is 0 Å². The van der Waals surface area contributed by atoms with E-state index in [0.717, 1.165) is 11.4 Å². The topological polar surface area (TPSA) is 75.6 Å². The number of aromatic nitrogens is 2. The van der Waals surface area contributed by atoms with Crippen LogP contribution in [0.1, 0.15) is 24.7 Å². The fourth-order valence-corrected chi connectivity index (χ4v) is 2.20. The molecule has 0 aromatic carbocycles. The molecule has 2 heterocycles. The number of rotatable bonds is 3. The van der Waals surface area contributed by atoms with Crippen LogP contribution in [-0.2, 0) is 4.79 Å². The minimum Gasteiger partial charge on any atom is -0.460 e. The van der Waals surface area contributed by atoms with Gasteiger partial charge in [-0.1, -0.05) is 0 Å². The molecule has 1 atom stereocenters. The van der Waals surface area contributed by atoms with Crippen molar-refractivity contribution >= 4 is 5.91 Å². The molecule has 1 N–H and O–H groups in total. The highest BCUT2D eigenvalue weighted by Crippen LogP contribution is 2.22. The molecule has 6 heteroatoms. The lowest BCUT2D eigenvalue weighted by Crippen LogP contribution is -2.40. The molecule has 1 fully saturated rings. The molecule has 1 aromatic heterocycles. The number of ether oxygens (including phenoxy) is 1. The lowest BCUT2D eigenvalue weighted by Gasteiger charge is -2.22. The van der Waals surface area contributed by atoms with E-state index in [-0.39, 0.29) is 18.5 Å². The second-order valence-electron chi connectivity index (χ2n) is 5.14. The van der Waals surface area contributed by atoms with Crippen LogP contribution < -0.4 is 4.74 Å². The van der Waals surface area contributed by atoms with E-state index in [2.05, 4.69) is 9.97 Å². The summed E-state index contributed by atoms with van der Waals surface area (Å²) >= 11 is 0. The molecule has 2 rings (SSSR count). The average molecular weight is 265 g/mol. The van der Waals surface area contributed by atoms with Crippen molar-refractivity contribution in [1.29, 1.82) is 0 Å². The van der Waals surface area contributed by atoms with E-state index in [0.29, 0.717) is 19.5 Å². The van der Waals surface area contributed by atoms with Crippen molar-refractivity contribution in [3.8, 4) is 6.01 Å². The van der Waals surface area contributed by atoms with Gasteiger partial charge in [0.2, 0.25) is 5.91 Å². The third-order valence-electron chi connectivity index (χ3n) is 3.21. The molecule has 0 bridgehead atoms. The Balaban J connectivity index is 1.97. The van der Waals surface area contributed by atoms with E-state index >= 15 is 0 Å². The first-order valence-corrected chi connectivity index (χ1v) is 6.31. The number of nitrogens with zero attached hydrogens (tertiary/aromatic N) is 3. The van der Waals surface area contributed by atoms with Gasteiger partial charge in [0.25, 0.3) is 0 Å². The Morgan fingerprint density at radius 2 is 2.11 bits per heavy atom. The monoisotopic (exact) mass is 265 g/mol. The Kier molecular flexibility index (Phi) is 3.71. The van der Waals surface area contributed by atoms with E-state index in [1.165, 1.54) is 6.92 Å². The van der Waals surface area contributed by atoms with E-state index in [1.54, 1.807) is 4.90 Å². The SMILES string of the molecule is CC(=O)N1CCC(O)(COc2nc(C)cc(C)n2)C1. The third-order valence-corrected chi connectivity index (χ3v) is 3.21. The quantitative estimate of drug-likeness (QED) is 0.859. The summed E-state index contributed by atoms with van der Waals surface area (Å²) in [4.78, 5) is 21.2. The molecular weight excluding hydrogens is 246 g/mol. The van der Waals surface area contributed by atoms with Gasteiger partial charge in [0.1, 0.15) is 12.2 Å². The number of likely N-dealkylation sites (tertiary alicyclic amines) is 1. The van der Waals surface area contributed by atoms with Gasteiger partial charge in [-0.15, -0.1) is 0 Å². The maximum atomic E-state index is 11.2. The van der Waals surface area contributed by atoms with Crippen molar-refractivity contribution in [2.75, 3.05) is 19.7 Å². The van der Waals surface area contributed by atoms with E-state index in [1.807, 2.05) is 19.9 Å². The summed E-state index contributed by atoms with van der Waals surface area (Å²) in [7, 11) is 0. The van der Waals surface area contributed by atoms with Crippen molar-refractivity contribution in [3.05, 3.63) is 17.5 Å². The van der Waals surface area contributed by atoms with Crippen LogP contribution in [0.4, 0.5) is 0 Å². The summed E-state index contributed by atoms with van der Waals surface area (Å²) in [6.07, 6.45) is 0.511. The van der Waals surface area contributed by atoms with Gasteiger partial charge in [-0.3, -0.25) is 4.79 Å². The van der Waals surface area contributed by atoms with Crippen molar-refractivity contribution < 1.29 is 14.6 Å². The first kappa shape index (κ1) is 13.7. The molecule has 0 spiro atoms. The van der Waals surface area contributed by atoms with Crippen LogP contribution in [0.5, 0.6) is 6.01 Å². The second kappa shape index (κ2) is 5.13. The molecule has 1 aliphatic rings. The van der Waals surface area contributed by atoms with E-state index in [9.17, 15) is 9.90 Å². The number of carbonyl (C=O) groups excluding carboxylic acids is 1. The van der Waals surface area contributed by atoms with Crippen LogP contribution in [0.25, 0.3) is 0 Å². The minimum atomic E-state index is -1.01. The van der Waals surface area contributed by atoms with Crippen LogP contribution in [0.15, 0.2) is 6.07 Å². The summed E-state index contributed by atoms with van der Waals surface area (Å²) in [5.74, 6) is -0.0291. The zero-order valence-corrected chi connectivity index (χ0v) is 11.5. The predicted octanol–water partition coefficient (Wildman–Crippen LogP) is 0.456. The zero-order chi connectivity index (χ0) is 14.0. The average Bonchev–Trinajstić information content (AvgIpc) is 2.69. The molecule has 1 aliphatic heterocycles. The van der Waals surface area contributed by atoms with Crippen LogP contribution in [0, 0.1) is 13.8 Å². The van der Waals surface area contributed by atoms with Gasteiger partial charge < -0.3 is 14.7 Å². The standard InChI is InChI=1S/C13H19N3O3/c1-9-6-10(2)15-12(14-9)19-8-13(18)4-5-16(7-13)11(3)17/h6,18H,4-5,7-8H2,1-3H3. The van der Waals surface area contributed by atoms with Gasteiger partial charge in [0, 0.05) is 24.9 Å². The van der Waals surface area contributed by atoms with Gasteiger partial charge in [-0.05, 0) is 26.3 Å². The molecule has 1 unspecified atom stereocenters. The fourth-order valence-electron chi connectivity index (χ4n) is 2.20. The van der Waals surface area contributed by atoms with Crippen molar-refractivity contribution in [2.45, 2.75) is 32.8 Å². The van der Waals surface area contributed by atoms with Gasteiger partial charge in [0.05, 0.1) is 6.54 Å². The first-order chi connectivity index (χ1) is 8.88. The number of hydrogen-bond acceptors (Lipinski definition) is 5. The zero-order valence-electron chi connectivity index (χ0n) is 11.5. The van der Waals surface area contributed by atoms with Crippen LogP contribution in [-0.4, -0.2) is 51.2 Å². The Bertz CT molecular complexity index is 472. The number of aryl methyl sites for hydroxylation is 2. The highest BCUT2D eigenvalue weighted by atomic mass is 16.5. The Hall–Kier alpha value is -1.69. The van der Waals surface area contributed by atoms with Crippen molar-refractivity contribution in [2.24, 2.45) is 0 Å². The first-order valence-electron chi connectivity index (χ1n) is 6.31. The molecule has 1 amide bonds. The smallest absolute Gasteiger partial charge is 0.316 e. The minimum absolute atomic E-state index is 0.0291. The lowest BCUT2D eigenvalue weighted by atomic mass is 10.1. The largest absolute Gasteiger partial charge is 0.460 e. The van der Waals surface area contributed by atoms with Crippen molar-refractivity contribution in [3.63, 3.8) is 0 Å². The van der Waals surface area contributed by atoms with Gasteiger partial charge in [-0.25, -0.2) is 9.97 Å². The fraction of sp³-hybridized carbons (Fsp3) is 0.615. The van der Waals surface area contributed by atoms with Gasteiger partial charge in [-0.2, -0.15) is 0 Å². The summed E-state index contributed by atoms with van der Waals surface area (Å²) in [5, 5.41) is 10.3. The maximum absolute atomic E-state index is 11.2. The Morgan fingerprint density at radius 3 is 2.63 bits per heavy atom. The van der Waals surface area contributed by atoms with Crippen LogP contribution in [0.3, 0.4) is 0 Å². The number of carbonyl (C=O) groups is 1. The Morgan fingerprint density at radius 1 is 1.47 bits per heavy atom. The number of hydrogen-bond donors (Lipinski definition) is 1. The lowest BCUT2D eigenvalue weighted by molar-refractivity contribution is -0.129. The predicted molar refractivity (Wildman–Crippen MR) is 68.8 cm³/mol. The molecule has 19 heavy (non-hydrogen) atoms. The van der Waals surface area contributed by atoms with Gasteiger partial charge >= 0.3 is 6.01 Å². The molecule has 104 valence electrons. The maximum Gasteiger partial charge on any atom is 0.316 e. The molecule has 0 radical (unpaired) electrons. The summed E-state index contributed by atoms with van der Waals surface area (Å²) in [5.41, 5.74) is 0.643. The van der Waals surface area contributed by atoms with Crippen molar-refractivity contribution in [1.82, 2.24) is 14.9 Å². The molecular formula is C13H19N3O3. The third kappa shape index (κ3) is 3.41. The summed E-state index contributed by atoms with van der Waals surface area (Å²) in [6.45, 7) is 6.18. The van der Waals surface area contributed by atoms with E-state index < -0.39 is 5.60 Å². The highest BCUT2D eigenvalue weighted by molar-refractivity contribution is 5.73. The summed E-state index contributed by atoms with van der Waals surface area (Å²) in [6, 6.07) is 2.13. The number of aliphatic hydroxyl groups is 1. The molecule has 6 nitrogen and oxygen atoms in total. The molecule has 1 aromatic rings. The van der Waals surface area contributed by atoms with Gasteiger partial charge in [0.15, 0.2) is 0 Å².